The van der Waals surface area contributed by atoms with Gasteiger partial charge in [0.2, 0.25) is 0 Å². The van der Waals surface area contributed by atoms with Crippen molar-refractivity contribution in [2.75, 3.05) is 0 Å². The van der Waals surface area contributed by atoms with Crippen molar-refractivity contribution in [1.82, 2.24) is 0 Å². The van der Waals surface area contributed by atoms with Gasteiger partial charge in [0.25, 0.3) is 0 Å². The van der Waals surface area contributed by atoms with Gasteiger partial charge in [-0.1, -0.05) is 70.3 Å². The Bertz CT molecular complexity index is 563. The molecule has 0 aliphatic heterocycles. The molecule has 3 aliphatic carbocycles. The van der Waals surface area contributed by atoms with E-state index < -0.39 is 0 Å². The zero-order valence-electron chi connectivity index (χ0n) is 18.8. The van der Waals surface area contributed by atoms with Gasteiger partial charge in [-0.15, -0.1) is 0 Å². The summed E-state index contributed by atoms with van der Waals surface area (Å²) in [7, 11) is 0. The second-order valence-corrected chi connectivity index (χ2v) is 10.9. The van der Waals surface area contributed by atoms with Crippen LogP contribution in [0.25, 0.3) is 0 Å². The molecule has 0 radical (unpaired) electrons. The molecule has 2 heteroatoms. The maximum atomic E-state index is 9.96. The minimum absolute atomic E-state index is 0.368. The van der Waals surface area contributed by atoms with E-state index in [1.165, 1.54) is 56.9 Å². The van der Waals surface area contributed by atoms with Gasteiger partial charge in [-0.25, -0.2) is 0 Å². The average molecular weight is 389 g/mol. The molecule has 2 N–H and O–H groups in total. The van der Waals surface area contributed by atoms with Crippen molar-refractivity contribution in [2.45, 2.75) is 111 Å². The van der Waals surface area contributed by atoms with Crippen molar-refractivity contribution in [3.63, 3.8) is 0 Å². The number of aliphatic hydroxyl groups is 2. The molecule has 28 heavy (non-hydrogen) atoms. The molecular weight excluding hydrogens is 344 g/mol. The fourth-order valence-electron chi connectivity index (χ4n) is 6.79. The fourth-order valence-corrected chi connectivity index (χ4v) is 6.79. The molecule has 0 bridgehead atoms. The molecule has 3 aliphatic rings. The van der Waals surface area contributed by atoms with Crippen molar-refractivity contribution in [3.8, 4) is 0 Å². The first-order chi connectivity index (χ1) is 13.3. The van der Waals surface area contributed by atoms with E-state index in [2.05, 4.69) is 39.8 Å². The molecule has 6 atom stereocenters. The minimum Gasteiger partial charge on any atom is -0.393 e. The smallest absolute Gasteiger partial charge is 0.0602 e. The third-order valence-electron chi connectivity index (χ3n) is 8.24. The van der Waals surface area contributed by atoms with Crippen molar-refractivity contribution >= 4 is 0 Å². The summed E-state index contributed by atoms with van der Waals surface area (Å²) in [6.07, 6.45) is 16.7. The van der Waals surface area contributed by atoms with Crippen LogP contribution in [0.4, 0.5) is 0 Å². The number of hydrogen-bond donors (Lipinski definition) is 2. The highest BCUT2D eigenvalue weighted by molar-refractivity contribution is 5.26. The molecule has 2 nitrogen and oxygen atoms in total. The van der Waals surface area contributed by atoms with E-state index in [0.29, 0.717) is 11.8 Å². The lowest BCUT2D eigenvalue weighted by molar-refractivity contribution is 0.0609. The summed E-state index contributed by atoms with van der Waals surface area (Å²) in [5, 5.41) is 19.9. The predicted molar refractivity (Wildman–Crippen MR) is 118 cm³/mol. The Kier molecular flexibility index (Phi) is 7.48. The Balaban J connectivity index is 1.67. The molecule has 0 aromatic carbocycles. The molecule has 3 saturated carbocycles. The highest BCUT2D eigenvalue weighted by Crippen LogP contribution is 2.59. The van der Waals surface area contributed by atoms with Crippen molar-refractivity contribution < 1.29 is 10.2 Å². The minimum atomic E-state index is -0.368. The maximum absolute atomic E-state index is 9.96. The monoisotopic (exact) mass is 388 g/mol. The number of allylic oxidation sites excluding steroid dienone is 3. The third kappa shape index (κ3) is 5.11. The quantitative estimate of drug-likeness (QED) is 0.551. The van der Waals surface area contributed by atoms with Crippen LogP contribution in [0.3, 0.4) is 0 Å². The molecular formula is C26H44O2. The normalized spacial score (nSPS) is 38.7. The summed E-state index contributed by atoms with van der Waals surface area (Å²) in [4.78, 5) is 0. The van der Waals surface area contributed by atoms with Crippen molar-refractivity contribution in [2.24, 2.45) is 29.1 Å². The first-order valence-corrected chi connectivity index (χ1v) is 12.0. The molecule has 0 aromatic rings. The first-order valence-electron chi connectivity index (χ1n) is 12.0. The van der Waals surface area contributed by atoms with E-state index in [9.17, 15) is 10.2 Å². The Hall–Kier alpha value is -0.600. The fraction of sp³-hybridized carbons (Fsp3) is 0.846. The summed E-state index contributed by atoms with van der Waals surface area (Å²) < 4.78 is 0. The van der Waals surface area contributed by atoms with Crippen LogP contribution in [-0.2, 0) is 0 Å². The molecule has 0 saturated heterocycles. The van der Waals surface area contributed by atoms with Gasteiger partial charge in [-0.05, 0) is 80.5 Å². The van der Waals surface area contributed by atoms with Gasteiger partial charge in [-0.3, -0.25) is 0 Å². The van der Waals surface area contributed by atoms with E-state index in [-0.39, 0.29) is 12.2 Å². The van der Waals surface area contributed by atoms with Crippen molar-refractivity contribution in [3.05, 3.63) is 23.3 Å². The lowest BCUT2D eigenvalue weighted by atomic mass is 9.60. The molecule has 0 heterocycles. The number of rotatable bonds is 6. The van der Waals surface area contributed by atoms with Crippen LogP contribution in [-0.4, -0.2) is 22.4 Å². The van der Waals surface area contributed by atoms with Crippen LogP contribution in [0.2, 0.25) is 0 Å². The first kappa shape index (κ1) is 22.1. The van der Waals surface area contributed by atoms with E-state index in [0.717, 1.165) is 36.5 Å². The van der Waals surface area contributed by atoms with Crippen LogP contribution in [0.1, 0.15) is 98.3 Å². The third-order valence-corrected chi connectivity index (χ3v) is 8.24. The SMILES string of the molecule is CC(C)CCCC(C)C1CCC2C(=CC=C3CC(O)CC(O)C3)CCCC21C. The zero-order chi connectivity index (χ0) is 20.3. The van der Waals surface area contributed by atoms with Crippen molar-refractivity contribution in [1.29, 1.82) is 0 Å². The Morgan fingerprint density at radius 1 is 1.04 bits per heavy atom. The Morgan fingerprint density at radius 3 is 2.43 bits per heavy atom. The number of hydrogen-bond acceptors (Lipinski definition) is 2. The van der Waals surface area contributed by atoms with Crippen LogP contribution < -0.4 is 0 Å². The predicted octanol–water partition coefficient (Wildman–Crippen LogP) is 6.42. The van der Waals surface area contributed by atoms with E-state index in [1.54, 1.807) is 5.57 Å². The summed E-state index contributed by atoms with van der Waals surface area (Å²) in [5.74, 6) is 3.29. The van der Waals surface area contributed by atoms with Gasteiger partial charge in [0.05, 0.1) is 12.2 Å². The van der Waals surface area contributed by atoms with E-state index in [1.807, 2.05) is 0 Å². The van der Waals surface area contributed by atoms with Gasteiger partial charge in [0.1, 0.15) is 0 Å². The van der Waals surface area contributed by atoms with E-state index >= 15 is 0 Å². The topological polar surface area (TPSA) is 40.5 Å². The average Bonchev–Trinajstić information content (AvgIpc) is 2.96. The van der Waals surface area contributed by atoms with Gasteiger partial charge >= 0.3 is 0 Å². The van der Waals surface area contributed by atoms with Crippen LogP contribution >= 0.6 is 0 Å². The molecule has 3 rings (SSSR count). The zero-order valence-corrected chi connectivity index (χ0v) is 18.8. The highest BCUT2D eigenvalue weighted by Gasteiger charge is 2.50. The summed E-state index contributed by atoms with van der Waals surface area (Å²) in [6.45, 7) is 9.79. The summed E-state index contributed by atoms with van der Waals surface area (Å²) in [5.41, 5.74) is 3.35. The molecule has 0 amide bonds. The standard InChI is InChI=1S/C26H44O2/c1-18(2)7-5-8-19(3)24-12-13-25-21(9-6-14-26(24,25)4)11-10-20-15-22(27)17-23(28)16-20/h10-11,18-19,22-25,27-28H,5-9,12-17H2,1-4H3. The Morgan fingerprint density at radius 2 is 1.75 bits per heavy atom. The molecule has 0 spiro atoms. The van der Waals surface area contributed by atoms with E-state index in [4.69, 9.17) is 0 Å². The second-order valence-electron chi connectivity index (χ2n) is 10.9. The van der Waals surface area contributed by atoms with Gasteiger partial charge in [0, 0.05) is 0 Å². The van der Waals surface area contributed by atoms with Gasteiger partial charge < -0.3 is 10.2 Å². The number of fused-ring (bicyclic) bond motifs is 1. The number of aliphatic hydroxyl groups excluding tert-OH is 2. The van der Waals surface area contributed by atoms with Gasteiger partial charge in [-0.2, -0.15) is 0 Å². The summed E-state index contributed by atoms with van der Waals surface area (Å²) >= 11 is 0. The lowest BCUT2D eigenvalue weighted by Crippen LogP contribution is -2.36. The highest BCUT2D eigenvalue weighted by atomic mass is 16.3. The maximum Gasteiger partial charge on any atom is 0.0602 e. The molecule has 0 aromatic heterocycles. The molecule has 160 valence electrons. The van der Waals surface area contributed by atoms with Gasteiger partial charge in [0.15, 0.2) is 0 Å². The lowest BCUT2D eigenvalue weighted by Gasteiger charge is -2.44. The largest absolute Gasteiger partial charge is 0.393 e. The molecule has 6 unspecified atom stereocenters. The van der Waals surface area contributed by atoms with Crippen LogP contribution in [0.5, 0.6) is 0 Å². The summed E-state index contributed by atoms with van der Waals surface area (Å²) in [6, 6.07) is 0. The van der Waals surface area contributed by atoms with Crippen LogP contribution in [0, 0.1) is 29.1 Å². The Labute approximate surface area is 173 Å². The second kappa shape index (κ2) is 9.47. The van der Waals surface area contributed by atoms with Crippen LogP contribution in [0.15, 0.2) is 23.3 Å². The molecule has 3 fully saturated rings.